The van der Waals surface area contributed by atoms with Gasteiger partial charge in [0.1, 0.15) is 0 Å². The highest BCUT2D eigenvalue weighted by molar-refractivity contribution is 5.28. The SMILES string of the molecule is CCCCC(C)(CO)c1ccc(C)cc1. The van der Waals surface area contributed by atoms with Crippen molar-refractivity contribution < 1.29 is 5.11 Å². The highest BCUT2D eigenvalue weighted by Gasteiger charge is 2.24. The Kier molecular flexibility index (Phi) is 4.34. The summed E-state index contributed by atoms with van der Waals surface area (Å²) < 4.78 is 0. The van der Waals surface area contributed by atoms with Crippen molar-refractivity contribution in [3.8, 4) is 0 Å². The maximum Gasteiger partial charge on any atom is 0.0525 e. The second-order valence-corrected chi connectivity index (χ2v) is 4.69. The minimum atomic E-state index is -0.0658. The number of aryl methyl sites for hydroxylation is 1. The molecule has 1 aromatic carbocycles. The second kappa shape index (κ2) is 5.32. The first kappa shape index (κ1) is 12.3. The minimum Gasteiger partial charge on any atom is -0.395 e. The highest BCUT2D eigenvalue weighted by Crippen LogP contribution is 2.29. The van der Waals surface area contributed by atoms with Gasteiger partial charge in [0.25, 0.3) is 0 Å². The Balaban J connectivity index is 2.85. The number of aliphatic hydroxyl groups excluding tert-OH is 1. The van der Waals surface area contributed by atoms with E-state index in [1.54, 1.807) is 0 Å². The van der Waals surface area contributed by atoms with E-state index in [2.05, 4.69) is 45.0 Å². The van der Waals surface area contributed by atoms with Crippen molar-refractivity contribution in [2.24, 2.45) is 0 Å². The van der Waals surface area contributed by atoms with Crippen LogP contribution in [0.4, 0.5) is 0 Å². The summed E-state index contributed by atoms with van der Waals surface area (Å²) in [7, 11) is 0. The van der Waals surface area contributed by atoms with Crippen LogP contribution in [-0.2, 0) is 5.41 Å². The van der Waals surface area contributed by atoms with Crippen molar-refractivity contribution in [1.82, 2.24) is 0 Å². The van der Waals surface area contributed by atoms with Crippen molar-refractivity contribution in [2.75, 3.05) is 6.61 Å². The number of aliphatic hydroxyl groups is 1. The van der Waals surface area contributed by atoms with Crippen LogP contribution in [0.2, 0.25) is 0 Å². The van der Waals surface area contributed by atoms with Crippen molar-refractivity contribution in [2.45, 2.75) is 45.4 Å². The molecule has 0 radical (unpaired) electrons. The van der Waals surface area contributed by atoms with Crippen molar-refractivity contribution in [3.05, 3.63) is 35.4 Å². The molecule has 15 heavy (non-hydrogen) atoms. The van der Waals surface area contributed by atoms with Crippen molar-refractivity contribution >= 4 is 0 Å². The summed E-state index contributed by atoms with van der Waals surface area (Å²) >= 11 is 0. The largest absolute Gasteiger partial charge is 0.395 e. The van der Waals surface area contributed by atoms with Gasteiger partial charge in [0.05, 0.1) is 6.61 Å². The van der Waals surface area contributed by atoms with Gasteiger partial charge in [-0.1, -0.05) is 56.5 Å². The van der Waals surface area contributed by atoms with Crippen LogP contribution in [0.5, 0.6) is 0 Å². The van der Waals surface area contributed by atoms with Gasteiger partial charge in [-0.15, -0.1) is 0 Å². The topological polar surface area (TPSA) is 20.2 Å². The van der Waals surface area contributed by atoms with Crippen LogP contribution < -0.4 is 0 Å². The Labute approximate surface area is 93.1 Å². The van der Waals surface area contributed by atoms with Crippen LogP contribution in [0.15, 0.2) is 24.3 Å². The van der Waals surface area contributed by atoms with E-state index in [1.807, 2.05) is 0 Å². The highest BCUT2D eigenvalue weighted by atomic mass is 16.3. The Morgan fingerprint density at radius 3 is 2.27 bits per heavy atom. The molecule has 1 heteroatoms. The monoisotopic (exact) mass is 206 g/mol. The van der Waals surface area contributed by atoms with Gasteiger partial charge in [-0.2, -0.15) is 0 Å². The molecule has 1 unspecified atom stereocenters. The first-order valence-corrected chi connectivity index (χ1v) is 5.80. The van der Waals surface area contributed by atoms with Crippen molar-refractivity contribution in [3.63, 3.8) is 0 Å². The zero-order valence-corrected chi connectivity index (χ0v) is 10.1. The van der Waals surface area contributed by atoms with E-state index in [4.69, 9.17) is 0 Å². The molecule has 0 fully saturated rings. The summed E-state index contributed by atoms with van der Waals surface area (Å²) in [5, 5.41) is 9.53. The Bertz CT molecular complexity index is 289. The molecule has 1 atom stereocenters. The lowest BCUT2D eigenvalue weighted by molar-refractivity contribution is 0.194. The van der Waals surface area contributed by atoms with Gasteiger partial charge in [-0.25, -0.2) is 0 Å². The molecule has 0 bridgehead atoms. The molecule has 1 nitrogen and oxygen atoms in total. The molecule has 0 amide bonds. The molecular formula is C14H22O. The maximum atomic E-state index is 9.53. The first-order valence-electron chi connectivity index (χ1n) is 5.80. The van der Waals surface area contributed by atoms with E-state index in [1.165, 1.54) is 24.0 Å². The molecular weight excluding hydrogens is 184 g/mol. The van der Waals surface area contributed by atoms with E-state index in [0.29, 0.717) is 0 Å². The predicted octanol–water partition coefficient (Wildman–Crippen LogP) is 3.44. The zero-order chi connectivity index (χ0) is 11.3. The summed E-state index contributed by atoms with van der Waals surface area (Å²) in [5.41, 5.74) is 2.46. The summed E-state index contributed by atoms with van der Waals surface area (Å²) in [5.74, 6) is 0. The molecule has 1 N–H and O–H groups in total. The molecule has 1 rings (SSSR count). The molecule has 0 aromatic heterocycles. The third-order valence-corrected chi connectivity index (χ3v) is 3.18. The molecule has 0 heterocycles. The molecule has 0 saturated heterocycles. The van der Waals surface area contributed by atoms with Crippen LogP contribution in [0.25, 0.3) is 0 Å². The fourth-order valence-corrected chi connectivity index (χ4v) is 1.84. The Morgan fingerprint density at radius 1 is 1.20 bits per heavy atom. The standard InChI is InChI=1S/C14H22O/c1-4-5-10-14(3,11-15)13-8-6-12(2)7-9-13/h6-9,15H,4-5,10-11H2,1-3H3. The van der Waals surface area contributed by atoms with E-state index < -0.39 is 0 Å². The Morgan fingerprint density at radius 2 is 1.80 bits per heavy atom. The van der Waals surface area contributed by atoms with E-state index in [9.17, 15) is 5.11 Å². The van der Waals surface area contributed by atoms with Crippen LogP contribution in [0.3, 0.4) is 0 Å². The number of hydrogen-bond acceptors (Lipinski definition) is 1. The molecule has 0 saturated carbocycles. The van der Waals surface area contributed by atoms with Crippen LogP contribution in [0, 0.1) is 6.92 Å². The average Bonchev–Trinajstić information content (AvgIpc) is 2.27. The van der Waals surface area contributed by atoms with Crippen molar-refractivity contribution in [1.29, 1.82) is 0 Å². The van der Waals surface area contributed by atoms with Crippen LogP contribution in [-0.4, -0.2) is 11.7 Å². The normalized spacial score (nSPS) is 14.9. The number of unbranched alkanes of at least 4 members (excludes halogenated alkanes) is 1. The lowest BCUT2D eigenvalue weighted by atomic mass is 9.79. The zero-order valence-electron chi connectivity index (χ0n) is 10.1. The average molecular weight is 206 g/mol. The van der Waals surface area contributed by atoms with E-state index in [0.717, 1.165) is 6.42 Å². The molecule has 1 aromatic rings. The Hall–Kier alpha value is -0.820. The summed E-state index contributed by atoms with van der Waals surface area (Å²) in [6.45, 7) is 6.66. The fraction of sp³-hybridized carbons (Fsp3) is 0.571. The summed E-state index contributed by atoms with van der Waals surface area (Å²) in [6.07, 6.45) is 3.41. The maximum absolute atomic E-state index is 9.53. The van der Waals surface area contributed by atoms with Gasteiger partial charge in [-0.05, 0) is 18.9 Å². The number of hydrogen-bond donors (Lipinski definition) is 1. The van der Waals surface area contributed by atoms with E-state index in [-0.39, 0.29) is 12.0 Å². The van der Waals surface area contributed by atoms with Gasteiger partial charge < -0.3 is 5.11 Å². The summed E-state index contributed by atoms with van der Waals surface area (Å²) in [4.78, 5) is 0. The van der Waals surface area contributed by atoms with Gasteiger partial charge in [0, 0.05) is 5.41 Å². The lowest BCUT2D eigenvalue weighted by Crippen LogP contribution is -2.26. The number of rotatable bonds is 5. The van der Waals surface area contributed by atoms with Gasteiger partial charge in [0.2, 0.25) is 0 Å². The third kappa shape index (κ3) is 3.07. The molecule has 0 aliphatic carbocycles. The minimum absolute atomic E-state index is 0.0658. The summed E-state index contributed by atoms with van der Waals surface area (Å²) in [6, 6.07) is 8.52. The molecule has 0 aliphatic heterocycles. The molecule has 0 spiro atoms. The van der Waals surface area contributed by atoms with Gasteiger partial charge in [0.15, 0.2) is 0 Å². The quantitative estimate of drug-likeness (QED) is 0.782. The number of benzene rings is 1. The third-order valence-electron chi connectivity index (χ3n) is 3.18. The van der Waals surface area contributed by atoms with E-state index >= 15 is 0 Å². The predicted molar refractivity (Wildman–Crippen MR) is 65.1 cm³/mol. The molecule has 0 aliphatic rings. The lowest BCUT2D eigenvalue weighted by Gasteiger charge is -2.28. The molecule has 84 valence electrons. The van der Waals surface area contributed by atoms with Gasteiger partial charge in [-0.3, -0.25) is 0 Å². The smallest absolute Gasteiger partial charge is 0.0525 e. The van der Waals surface area contributed by atoms with Crippen LogP contribution in [0.1, 0.15) is 44.2 Å². The fourth-order valence-electron chi connectivity index (χ4n) is 1.84. The van der Waals surface area contributed by atoms with Crippen LogP contribution >= 0.6 is 0 Å². The van der Waals surface area contributed by atoms with Gasteiger partial charge >= 0.3 is 0 Å². The second-order valence-electron chi connectivity index (χ2n) is 4.69. The first-order chi connectivity index (χ1) is 7.12.